The zero-order chi connectivity index (χ0) is 22.3. The van der Waals surface area contributed by atoms with Gasteiger partial charge in [0.05, 0.1) is 31.3 Å². The van der Waals surface area contributed by atoms with Crippen LogP contribution in [0.15, 0.2) is 72.8 Å². The minimum atomic E-state index is -0.144. The number of hydrogen-bond acceptors (Lipinski definition) is 4. The number of ether oxygens (including phenoxy) is 2. The maximum atomic E-state index is 12.6. The Bertz CT molecular complexity index is 1200. The molecule has 0 saturated carbocycles. The van der Waals surface area contributed by atoms with Gasteiger partial charge in [-0.2, -0.15) is 0 Å². The lowest BCUT2D eigenvalue weighted by molar-refractivity contribution is 0.0949. The molecule has 0 fully saturated rings. The topological polar surface area (TPSA) is 65.4 Å². The molecule has 1 heterocycles. The number of hydrogen-bond donors (Lipinski definition) is 1. The highest BCUT2D eigenvalue weighted by Crippen LogP contribution is 2.18. The van der Waals surface area contributed by atoms with Gasteiger partial charge in [0, 0.05) is 12.1 Å². The Labute approximate surface area is 187 Å². The number of rotatable bonds is 9. The van der Waals surface area contributed by atoms with Crippen molar-refractivity contribution in [2.45, 2.75) is 26.4 Å². The van der Waals surface area contributed by atoms with Crippen LogP contribution in [0.5, 0.6) is 11.5 Å². The van der Waals surface area contributed by atoms with Crippen molar-refractivity contribution in [1.29, 1.82) is 0 Å². The number of fused-ring (bicyclic) bond motifs is 1. The van der Waals surface area contributed by atoms with Gasteiger partial charge in [-0.15, -0.1) is 0 Å². The summed E-state index contributed by atoms with van der Waals surface area (Å²) in [6.07, 6.45) is 0.827. The number of carbonyl (C=O) groups is 1. The van der Waals surface area contributed by atoms with E-state index in [0.717, 1.165) is 41.3 Å². The van der Waals surface area contributed by atoms with Crippen LogP contribution in [-0.4, -0.2) is 29.2 Å². The lowest BCUT2D eigenvalue weighted by Crippen LogP contribution is -2.25. The molecular formula is C26H27N3O3. The monoisotopic (exact) mass is 429 g/mol. The van der Waals surface area contributed by atoms with E-state index in [0.29, 0.717) is 18.7 Å². The van der Waals surface area contributed by atoms with Crippen LogP contribution >= 0.6 is 0 Å². The number of methoxy groups -OCH3 is 1. The third-order valence-corrected chi connectivity index (χ3v) is 5.28. The molecule has 32 heavy (non-hydrogen) atoms. The molecule has 1 amide bonds. The fraction of sp³-hybridized carbons (Fsp3) is 0.231. The molecule has 0 aliphatic heterocycles. The molecule has 0 saturated heterocycles. The van der Waals surface area contributed by atoms with Gasteiger partial charge in [-0.05, 0) is 67.4 Å². The zero-order valence-corrected chi connectivity index (χ0v) is 18.4. The van der Waals surface area contributed by atoms with Crippen LogP contribution in [0.4, 0.5) is 0 Å². The molecule has 3 aromatic carbocycles. The summed E-state index contributed by atoms with van der Waals surface area (Å²) in [6, 6.07) is 23.1. The minimum Gasteiger partial charge on any atom is -0.497 e. The molecule has 164 valence electrons. The van der Waals surface area contributed by atoms with Gasteiger partial charge in [0.15, 0.2) is 0 Å². The standard InChI is InChI=1S/C26H27N3O3/c1-19-7-5-8-22(17-19)32-16-6-15-29-24-10-4-3-9-23(24)28-25(29)18-27-26(30)20-11-13-21(31-2)14-12-20/h3-5,7-14,17H,6,15-16,18H2,1-2H3,(H,27,30). The summed E-state index contributed by atoms with van der Waals surface area (Å²) >= 11 is 0. The zero-order valence-electron chi connectivity index (χ0n) is 18.4. The number of carbonyl (C=O) groups excluding carboxylic acids is 1. The van der Waals surface area contributed by atoms with Crippen LogP contribution < -0.4 is 14.8 Å². The summed E-state index contributed by atoms with van der Waals surface area (Å²) < 4.78 is 13.2. The Morgan fingerprint density at radius 2 is 1.81 bits per heavy atom. The summed E-state index contributed by atoms with van der Waals surface area (Å²) in [4.78, 5) is 17.3. The Morgan fingerprint density at radius 3 is 2.59 bits per heavy atom. The molecule has 0 radical (unpaired) electrons. The first-order chi connectivity index (χ1) is 15.6. The number of nitrogens with one attached hydrogen (secondary N) is 1. The van der Waals surface area contributed by atoms with Gasteiger partial charge in [-0.1, -0.05) is 24.3 Å². The van der Waals surface area contributed by atoms with E-state index in [-0.39, 0.29) is 5.91 Å². The van der Waals surface area contributed by atoms with E-state index in [1.807, 2.05) is 36.4 Å². The summed E-state index contributed by atoms with van der Waals surface area (Å²) in [7, 11) is 1.60. The second kappa shape index (κ2) is 10.0. The largest absolute Gasteiger partial charge is 0.497 e. The van der Waals surface area contributed by atoms with Crippen LogP contribution in [0.2, 0.25) is 0 Å². The fourth-order valence-electron chi connectivity index (χ4n) is 3.63. The highest BCUT2D eigenvalue weighted by Gasteiger charge is 2.12. The van der Waals surface area contributed by atoms with Gasteiger partial charge in [-0.3, -0.25) is 4.79 Å². The first-order valence-corrected chi connectivity index (χ1v) is 10.7. The molecule has 0 aliphatic rings. The third-order valence-electron chi connectivity index (χ3n) is 5.28. The van der Waals surface area contributed by atoms with Crippen molar-refractivity contribution >= 4 is 16.9 Å². The Balaban J connectivity index is 1.42. The second-order valence-electron chi connectivity index (χ2n) is 7.60. The summed E-state index contributed by atoms with van der Waals surface area (Å²) in [5, 5.41) is 2.98. The van der Waals surface area contributed by atoms with E-state index in [4.69, 9.17) is 14.5 Å². The number of aryl methyl sites for hydroxylation is 2. The van der Waals surface area contributed by atoms with Crippen LogP contribution in [0, 0.1) is 6.92 Å². The van der Waals surface area contributed by atoms with Crippen LogP contribution in [0.1, 0.15) is 28.2 Å². The van der Waals surface area contributed by atoms with Crippen molar-refractivity contribution in [2.24, 2.45) is 0 Å². The Morgan fingerprint density at radius 1 is 1.00 bits per heavy atom. The molecule has 6 nitrogen and oxygen atoms in total. The van der Waals surface area contributed by atoms with Gasteiger partial charge in [0.1, 0.15) is 17.3 Å². The van der Waals surface area contributed by atoms with Crippen molar-refractivity contribution in [3.8, 4) is 11.5 Å². The molecular weight excluding hydrogens is 402 g/mol. The van der Waals surface area contributed by atoms with Gasteiger partial charge in [0.25, 0.3) is 5.91 Å². The van der Waals surface area contributed by atoms with E-state index >= 15 is 0 Å². The van der Waals surface area contributed by atoms with Crippen LogP contribution in [0.3, 0.4) is 0 Å². The van der Waals surface area contributed by atoms with E-state index < -0.39 is 0 Å². The molecule has 0 bridgehead atoms. The maximum absolute atomic E-state index is 12.6. The Hall–Kier alpha value is -3.80. The van der Waals surface area contributed by atoms with Crippen LogP contribution in [-0.2, 0) is 13.1 Å². The highest BCUT2D eigenvalue weighted by atomic mass is 16.5. The predicted molar refractivity (Wildman–Crippen MR) is 125 cm³/mol. The summed E-state index contributed by atoms with van der Waals surface area (Å²) in [5.41, 5.74) is 3.73. The number of aromatic nitrogens is 2. The number of nitrogens with zero attached hydrogens (tertiary/aromatic N) is 2. The summed E-state index contributed by atoms with van der Waals surface area (Å²) in [5.74, 6) is 2.28. The number of benzene rings is 3. The SMILES string of the molecule is COc1ccc(C(=O)NCc2nc3ccccc3n2CCCOc2cccc(C)c2)cc1. The predicted octanol–water partition coefficient (Wildman–Crippen LogP) is 4.75. The van der Waals surface area contributed by atoms with E-state index in [1.54, 1.807) is 31.4 Å². The molecule has 0 unspecified atom stereocenters. The van der Waals surface area contributed by atoms with Crippen molar-refractivity contribution < 1.29 is 14.3 Å². The molecule has 1 N–H and O–H groups in total. The van der Waals surface area contributed by atoms with E-state index in [1.165, 1.54) is 5.56 Å². The van der Waals surface area contributed by atoms with Crippen molar-refractivity contribution in [1.82, 2.24) is 14.9 Å². The molecule has 4 rings (SSSR count). The van der Waals surface area contributed by atoms with E-state index in [9.17, 15) is 4.79 Å². The molecule has 0 aliphatic carbocycles. The smallest absolute Gasteiger partial charge is 0.251 e. The van der Waals surface area contributed by atoms with Crippen molar-refractivity contribution in [3.63, 3.8) is 0 Å². The molecule has 0 spiro atoms. The van der Waals surface area contributed by atoms with Gasteiger partial charge >= 0.3 is 0 Å². The average molecular weight is 430 g/mol. The molecule has 6 heteroatoms. The molecule has 1 aromatic heterocycles. The molecule has 0 atom stereocenters. The normalized spacial score (nSPS) is 10.8. The Kier molecular flexibility index (Phi) is 6.70. The number of imidazole rings is 1. The van der Waals surface area contributed by atoms with E-state index in [2.05, 4.69) is 28.9 Å². The van der Waals surface area contributed by atoms with Crippen LogP contribution in [0.25, 0.3) is 11.0 Å². The number of amides is 1. The quantitative estimate of drug-likeness (QED) is 0.390. The molecule has 4 aromatic rings. The maximum Gasteiger partial charge on any atom is 0.251 e. The van der Waals surface area contributed by atoms with Gasteiger partial charge < -0.3 is 19.4 Å². The highest BCUT2D eigenvalue weighted by molar-refractivity contribution is 5.94. The number of para-hydroxylation sites is 2. The lowest BCUT2D eigenvalue weighted by atomic mass is 10.2. The third kappa shape index (κ3) is 5.09. The first-order valence-electron chi connectivity index (χ1n) is 10.7. The fourth-order valence-corrected chi connectivity index (χ4v) is 3.63. The van der Waals surface area contributed by atoms with Crippen molar-refractivity contribution in [2.75, 3.05) is 13.7 Å². The minimum absolute atomic E-state index is 0.144. The average Bonchev–Trinajstić information content (AvgIpc) is 3.18. The van der Waals surface area contributed by atoms with Crippen molar-refractivity contribution in [3.05, 3.63) is 89.7 Å². The van der Waals surface area contributed by atoms with Gasteiger partial charge in [0.2, 0.25) is 0 Å². The summed E-state index contributed by atoms with van der Waals surface area (Å²) in [6.45, 7) is 3.75. The van der Waals surface area contributed by atoms with Gasteiger partial charge in [-0.25, -0.2) is 4.98 Å². The first kappa shape index (κ1) is 21.4. The lowest BCUT2D eigenvalue weighted by Gasteiger charge is -2.11. The second-order valence-corrected chi connectivity index (χ2v) is 7.60.